The average Bonchev–Trinajstić information content (AvgIpc) is 2.94. The highest BCUT2D eigenvalue weighted by molar-refractivity contribution is 9.09. The van der Waals surface area contributed by atoms with Crippen LogP contribution in [0.2, 0.25) is 0 Å². The SMILES string of the molecule is CN(CCCCCBr)C(=O)C1CC1. The van der Waals surface area contributed by atoms with E-state index in [4.69, 9.17) is 0 Å². The molecular formula is C10H18BrNO. The van der Waals surface area contributed by atoms with E-state index < -0.39 is 0 Å². The first-order valence-corrected chi connectivity index (χ1v) is 6.19. The highest BCUT2D eigenvalue weighted by Crippen LogP contribution is 2.30. The van der Waals surface area contributed by atoms with Crippen LogP contribution in [0.4, 0.5) is 0 Å². The molecule has 0 heterocycles. The van der Waals surface area contributed by atoms with Gasteiger partial charge in [-0.25, -0.2) is 0 Å². The van der Waals surface area contributed by atoms with Gasteiger partial charge in [-0.2, -0.15) is 0 Å². The van der Waals surface area contributed by atoms with Crippen LogP contribution in [-0.2, 0) is 4.79 Å². The van der Waals surface area contributed by atoms with Gasteiger partial charge >= 0.3 is 0 Å². The minimum atomic E-state index is 0.360. The van der Waals surface area contributed by atoms with E-state index in [1.54, 1.807) is 0 Å². The number of alkyl halides is 1. The highest BCUT2D eigenvalue weighted by Gasteiger charge is 2.31. The number of hydrogen-bond donors (Lipinski definition) is 0. The first-order chi connectivity index (χ1) is 6.25. The Morgan fingerprint density at radius 3 is 2.62 bits per heavy atom. The lowest BCUT2D eigenvalue weighted by molar-refractivity contribution is -0.131. The molecule has 0 aromatic carbocycles. The summed E-state index contributed by atoms with van der Waals surface area (Å²) in [7, 11) is 1.93. The van der Waals surface area contributed by atoms with Crippen LogP contribution in [0, 0.1) is 5.92 Å². The van der Waals surface area contributed by atoms with Gasteiger partial charge in [0, 0.05) is 24.8 Å². The normalized spacial score (nSPS) is 15.8. The molecule has 1 amide bonds. The maximum atomic E-state index is 11.5. The first kappa shape index (κ1) is 11.0. The number of unbranched alkanes of at least 4 members (excludes halogenated alkanes) is 2. The molecule has 1 aliphatic rings. The van der Waals surface area contributed by atoms with Gasteiger partial charge in [0.2, 0.25) is 5.91 Å². The summed E-state index contributed by atoms with van der Waals surface area (Å²) < 4.78 is 0. The summed E-state index contributed by atoms with van der Waals surface area (Å²) in [6, 6.07) is 0. The van der Waals surface area contributed by atoms with Crippen LogP contribution in [0.1, 0.15) is 32.1 Å². The third-order valence-electron chi connectivity index (χ3n) is 2.43. The molecule has 0 radical (unpaired) electrons. The van der Waals surface area contributed by atoms with Gasteiger partial charge in [0.15, 0.2) is 0 Å². The van der Waals surface area contributed by atoms with Crippen LogP contribution in [-0.4, -0.2) is 29.7 Å². The molecule has 0 bridgehead atoms. The molecule has 2 nitrogen and oxygen atoms in total. The summed E-state index contributed by atoms with van der Waals surface area (Å²) in [5.74, 6) is 0.736. The van der Waals surface area contributed by atoms with E-state index in [2.05, 4.69) is 15.9 Å². The maximum absolute atomic E-state index is 11.5. The van der Waals surface area contributed by atoms with Crippen molar-refractivity contribution in [2.45, 2.75) is 32.1 Å². The van der Waals surface area contributed by atoms with Crippen molar-refractivity contribution in [3.63, 3.8) is 0 Å². The predicted molar refractivity (Wildman–Crippen MR) is 58.0 cm³/mol. The Morgan fingerprint density at radius 1 is 1.38 bits per heavy atom. The number of halogens is 1. The van der Waals surface area contributed by atoms with Gasteiger partial charge in [-0.1, -0.05) is 22.4 Å². The molecular weight excluding hydrogens is 230 g/mol. The number of hydrogen-bond acceptors (Lipinski definition) is 1. The molecule has 0 unspecified atom stereocenters. The fourth-order valence-electron chi connectivity index (χ4n) is 1.37. The zero-order valence-electron chi connectivity index (χ0n) is 8.26. The summed E-state index contributed by atoms with van der Waals surface area (Å²) in [6.07, 6.45) is 5.80. The van der Waals surface area contributed by atoms with Crippen molar-refractivity contribution >= 4 is 21.8 Å². The smallest absolute Gasteiger partial charge is 0.225 e. The van der Waals surface area contributed by atoms with Crippen molar-refractivity contribution < 1.29 is 4.79 Å². The minimum Gasteiger partial charge on any atom is -0.346 e. The number of amides is 1. The van der Waals surface area contributed by atoms with Crippen molar-refractivity contribution in [2.24, 2.45) is 5.92 Å². The number of nitrogens with zero attached hydrogens (tertiary/aromatic N) is 1. The second kappa shape index (κ2) is 5.63. The topological polar surface area (TPSA) is 20.3 Å². The highest BCUT2D eigenvalue weighted by atomic mass is 79.9. The summed E-state index contributed by atoms with van der Waals surface area (Å²) in [5.41, 5.74) is 0. The molecule has 0 aromatic rings. The molecule has 0 N–H and O–H groups in total. The van der Waals surface area contributed by atoms with Gasteiger partial charge in [0.25, 0.3) is 0 Å². The monoisotopic (exact) mass is 247 g/mol. The standard InChI is InChI=1S/C10H18BrNO/c1-12(8-4-2-3-7-11)10(13)9-5-6-9/h9H,2-8H2,1H3. The third-order valence-corrected chi connectivity index (χ3v) is 2.99. The van der Waals surface area contributed by atoms with Crippen molar-refractivity contribution in [1.29, 1.82) is 0 Å². The van der Waals surface area contributed by atoms with E-state index >= 15 is 0 Å². The molecule has 3 heteroatoms. The first-order valence-electron chi connectivity index (χ1n) is 5.06. The largest absolute Gasteiger partial charge is 0.346 e. The Morgan fingerprint density at radius 2 is 2.08 bits per heavy atom. The minimum absolute atomic E-state index is 0.360. The predicted octanol–water partition coefficient (Wildman–Crippen LogP) is 2.42. The van der Waals surface area contributed by atoms with Crippen molar-refractivity contribution in [2.75, 3.05) is 18.9 Å². The van der Waals surface area contributed by atoms with E-state index in [-0.39, 0.29) is 0 Å². The molecule has 1 rings (SSSR count). The molecule has 0 atom stereocenters. The van der Waals surface area contributed by atoms with Crippen LogP contribution < -0.4 is 0 Å². The molecule has 76 valence electrons. The average molecular weight is 248 g/mol. The quantitative estimate of drug-likeness (QED) is 0.522. The Balaban J connectivity index is 2.02. The van der Waals surface area contributed by atoms with Crippen LogP contribution in [0.15, 0.2) is 0 Å². The lowest BCUT2D eigenvalue weighted by Gasteiger charge is -2.16. The molecule has 0 aliphatic heterocycles. The Hall–Kier alpha value is -0.0500. The zero-order valence-corrected chi connectivity index (χ0v) is 9.85. The maximum Gasteiger partial charge on any atom is 0.225 e. The van der Waals surface area contributed by atoms with Gasteiger partial charge in [0.1, 0.15) is 0 Å². The van der Waals surface area contributed by atoms with Crippen LogP contribution in [0.5, 0.6) is 0 Å². The zero-order chi connectivity index (χ0) is 9.68. The molecule has 1 fully saturated rings. The lowest BCUT2D eigenvalue weighted by atomic mass is 10.2. The van der Waals surface area contributed by atoms with Gasteiger partial charge in [-0.05, 0) is 25.7 Å². The molecule has 13 heavy (non-hydrogen) atoms. The van der Waals surface area contributed by atoms with Gasteiger partial charge in [-0.3, -0.25) is 4.79 Å². The molecule has 0 saturated heterocycles. The molecule has 1 aliphatic carbocycles. The summed E-state index contributed by atoms with van der Waals surface area (Å²) >= 11 is 3.40. The summed E-state index contributed by atoms with van der Waals surface area (Å²) in [4.78, 5) is 13.4. The van der Waals surface area contributed by atoms with Gasteiger partial charge in [-0.15, -0.1) is 0 Å². The van der Waals surface area contributed by atoms with E-state index in [9.17, 15) is 4.79 Å². The van der Waals surface area contributed by atoms with Crippen LogP contribution >= 0.6 is 15.9 Å². The van der Waals surface area contributed by atoms with Crippen molar-refractivity contribution in [1.82, 2.24) is 4.90 Å². The Kier molecular flexibility index (Phi) is 4.78. The Labute approximate surface area is 88.8 Å². The van der Waals surface area contributed by atoms with Gasteiger partial charge in [0.05, 0.1) is 0 Å². The van der Waals surface area contributed by atoms with Crippen LogP contribution in [0.3, 0.4) is 0 Å². The summed E-state index contributed by atoms with van der Waals surface area (Å²) in [6.45, 7) is 0.933. The second-order valence-corrected chi connectivity index (χ2v) is 4.58. The Bertz CT molecular complexity index is 168. The third kappa shape index (κ3) is 4.12. The number of rotatable bonds is 6. The molecule has 1 saturated carbocycles. The molecule has 0 spiro atoms. The fraction of sp³-hybridized carbons (Fsp3) is 0.900. The van der Waals surface area contributed by atoms with E-state index in [0.717, 1.165) is 31.1 Å². The van der Waals surface area contributed by atoms with Crippen LogP contribution in [0.25, 0.3) is 0 Å². The van der Waals surface area contributed by atoms with E-state index in [0.29, 0.717) is 11.8 Å². The number of carbonyl (C=O) groups excluding carboxylic acids is 1. The van der Waals surface area contributed by atoms with Gasteiger partial charge < -0.3 is 4.90 Å². The fourth-order valence-corrected chi connectivity index (χ4v) is 1.77. The van der Waals surface area contributed by atoms with Crippen molar-refractivity contribution in [3.8, 4) is 0 Å². The molecule has 0 aromatic heterocycles. The van der Waals surface area contributed by atoms with Crippen molar-refractivity contribution in [3.05, 3.63) is 0 Å². The second-order valence-electron chi connectivity index (χ2n) is 3.78. The van der Waals surface area contributed by atoms with E-state index in [1.807, 2.05) is 11.9 Å². The summed E-state index contributed by atoms with van der Waals surface area (Å²) in [5, 5.41) is 1.08. The number of carbonyl (C=O) groups is 1. The van der Waals surface area contributed by atoms with E-state index in [1.165, 1.54) is 12.8 Å². The lowest BCUT2D eigenvalue weighted by Crippen LogP contribution is -2.28.